The van der Waals surface area contributed by atoms with Crippen molar-refractivity contribution in [2.75, 3.05) is 25.4 Å². The lowest BCUT2D eigenvalue weighted by Gasteiger charge is -2.27. The molecule has 0 bridgehead atoms. The van der Waals surface area contributed by atoms with Crippen molar-refractivity contribution in [3.63, 3.8) is 0 Å². The normalized spacial score (nSPS) is 17.7. The first-order valence-corrected chi connectivity index (χ1v) is 11.2. The van der Waals surface area contributed by atoms with E-state index in [4.69, 9.17) is 11.6 Å². The average Bonchev–Trinajstić information content (AvgIpc) is 3.18. The molecule has 28 heavy (non-hydrogen) atoms. The molecule has 1 N–H and O–H groups in total. The Morgan fingerprint density at radius 2 is 2.00 bits per heavy atom. The number of nitrogens with zero attached hydrogens (tertiary/aromatic N) is 1. The molecule has 2 aromatic rings. The first kappa shape index (κ1) is 21.2. The van der Waals surface area contributed by atoms with Gasteiger partial charge >= 0.3 is 0 Å². The zero-order chi connectivity index (χ0) is 19.9. The largest absolute Gasteiger partial charge is 0.323 e. The summed E-state index contributed by atoms with van der Waals surface area (Å²) in [6.07, 6.45) is 2.07. The Labute approximate surface area is 175 Å². The number of carbonyl (C=O) groups excluding carboxylic acids is 1. The third-order valence-electron chi connectivity index (χ3n) is 5.07. The second-order valence-electron chi connectivity index (χ2n) is 7.13. The van der Waals surface area contributed by atoms with E-state index in [2.05, 4.69) is 6.92 Å². The highest BCUT2D eigenvalue weighted by molar-refractivity contribution is 7.99. The summed E-state index contributed by atoms with van der Waals surface area (Å²) in [5.41, 5.74) is 1.66. The van der Waals surface area contributed by atoms with Crippen LogP contribution in [0.2, 0.25) is 5.02 Å². The number of amides is 1. The van der Waals surface area contributed by atoms with Gasteiger partial charge in [0.25, 0.3) is 5.91 Å². The van der Waals surface area contributed by atoms with E-state index in [-0.39, 0.29) is 17.1 Å². The number of unbranched alkanes of at least 4 members (excludes halogenated alkanes) is 1. The number of quaternary nitrogens is 1. The van der Waals surface area contributed by atoms with Gasteiger partial charge < -0.3 is 9.80 Å². The van der Waals surface area contributed by atoms with Gasteiger partial charge in [-0.15, -0.1) is 11.8 Å². The van der Waals surface area contributed by atoms with Crippen LogP contribution in [0.1, 0.15) is 36.3 Å². The Kier molecular flexibility index (Phi) is 7.77. The van der Waals surface area contributed by atoms with Gasteiger partial charge in [-0.25, -0.2) is 4.39 Å². The fraction of sp³-hybridized carbons (Fsp3) is 0.409. The van der Waals surface area contributed by atoms with E-state index in [9.17, 15) is 9.18 Å². The van der Waals surface area contributed by atoms with E-state index >= 15 is 0 Å². The molecule has 1 saturated heterocycles. The smallest absolute Gasteiger partial charge is 0.278 e. The number of hydrogen-bond acceptors (Lipinski definition) is 2. The van der Waals surface area contributed by atoms with Gasteiger partial charge in [0, 0.05) is 28.4 Å². The van der Waals surface area contributed by atoms with Crippen LogP contribution in [0.4, 0.5) is 4.39 Å². The van der Waals surface area contributed by atoms with Crippen LogP contribution in [0.25, 0.3) is 0 Å². The molecule has 1 aliphatic rings. The minimum atomic E-state index is -0.199. The van der Waals surface area contributed by atoms with E-state index in [0.717, 1.165) is 42.1 Å². The molecule has 0 spiro atoms. The molecule has 0 radical (unpaired) electrons. The summed E-state index contributed by atoms with van der Waals surface area (Å²) in [6.45, 7) is 4.60. The fourth-order valence-electron chi connectivity index (χ4n) is 3.55. The maximum Gasteiger partial charge on any atom is 0.278 e. The van der Waals surface area contributed by atoms with E-state index in [1.54, 1.807) is 17.8 Å². The second-order valence-corrected chi connectivity index (χ2v) is 8.73. The van der Waals surface area contributed by atoms with Crippen molar-refractivity contribution < 1.29 is 14.1 Å². The van der Waals surface area contributed by atoms with Gasteiger partial charge in [-0.05, 0) is 18.6 Å². The van der Waals surface area contributed by atoms with Crippen LogP contribution < -0.4 is 4.90 Å². The molecule has 0 aliphatic carbocycles. The van der Waals surface area contributed by atoms with Crippen molar-refractivity contribution in [3.8, 4) is 0 Å². The van der Waals surface area contributed by atoms with Gasteiger partial charge in [0.2, 0.25) is 0 Å². The lowest BCUT2D eigenvalue weighted by Crippen LogP contribution is -3.12. The molecule has 3 rings (SSSR count). The zero-order valence-electron chi connectivity index (χ0n) is 16.2. The minimum Gasteiger partial charge on any atom is -0.323 e. The van der Waals surface area contributed by atoms with Crippen molar-refractivity contribution in [3.05, 3.63) is 70.5 Å². The van der Waals surface area contributed by atoms with Crippen LogP contribution in [0.15, 0.2) is 48.5 Å². The summed E-state index contributed by atoms with van der Waals surface area (Å²) in [7, 11) is 0. The number of rotatable bonds is 8. The third kappa shape index (κ3) is 5.28. The number of hydrogen-bond donors (Lipinski definition) is 1. The molecule has 1 amide bonds. The predicted molar refractivity (Wildman–Crippen MR) is 114 cm³/mol. The van der Waals surface area contributed by atoms with E-state index < -0.39 is 0 Å². The minimum absolute atomic E-state index is 0.0397. The quantitative estimate of drug-likeness (QED) is 0.698. The van der Waals surface area contributed by atoms with Crippen LogP contribution in [-0.2, 0) is 11.3 Å². The third-order valence-corrected chi connectivity index (χ3v) is 6.65. The van der Waals surface area contributed by atoms with Crippen molar-refractivity contribution in [1.82, 2.24) is 4.90 Å². The summed E-state index contributed by atoms with van der Waals surface area (Å²) in [5, 5.41) is 0.656. The van der Waals surface area contributed by atoms with Gasteiger partial charge in [0.05, 0.1) is 6.54 Å². The Morgan fingerprint density at radius 1 is 1.25 bits per heavy atom. The lowest BCUT2D eigenvalue weighted by molar-refractivity contribution is -0.906. The van der Waals surface area contributed by atoms with Crippen LogP contribution in [0.5, 0.6) is 0 Å². The van der Waals surface area contributed by atoms with E-state index in [1.165, 1.54) is 6.07 Å². The Hall–Kier alpha value is -1.56. The van der Waals surface area contributed by atoms with Gasteiger partial charge in [0.1, 0.15) is 17.7 Å². The molecule has 0 aromatic heterocycles. The van der Waals surface area contributed by atoms with Crippen LogP contribution in [-0.4, -0.2) is 36.2 Å². The fourth-order valence-corrected chi connectivity index (χ4v) is 5.17. The summed E-state index contributed by atoms with van der Waals surface area (Å²) < 4.78 is 14.1. The number of nitrogens with one attached hydrogen (secondary N) is 1. The number of benzene rings is 2. The van der Waals surface area contributed by atoms with Crippen molar-refractivity contribution >= 4 is 29.3 Å². The van der Waals surface area contributed by atoms with Crippen LogP contribution in [0.3, 0.4) is 0 Å². The van der Waals surface area contributed by atoms with Gasteiger partial charge in [-0.3, -0.25) is 4.79 Å². The topological polar surface area (TPSA) is 24.8 Å². The number of carbonyl (C=O) groups is 1. The molecule has 0 saturated carbocycles. The Bertz CT molecular complexity index is 804. The zero-order valence-corrected chi connectivity index (χ0v) is 17.7. The highest BCUT2D eigenvalue weighted by Gasteiger charge is 2.33. The molecule has 2 aromatic carbocycles. The van der Waals surface area contributed by atoms with E-state index in [1.807, 2.05) is 41.3 Å². The van der Waals surface area contributed by atoms with Crippen molar-refractivity contribution in [2.24, 2.45) is 0 Å². The summed E-state index contributed by atoms with van der Waals surface area (Å²) in [5.74, 6) is 0.811. The Morgan fingerprint density at radius 3 is 2.75 bits per heavy atom. The van der Waals surface area contributed by atoms with Crippen molar-refractivity contribution in [1.29, 1.82) is 0 Å². The molecule has 150 valence electrons. The van der Waals surface area contributed by atoms with Crippen LogP contribution in [0, 0.1) is 5.82 Å². The molecule has 1 heterocycles. The van der Waals surface area contributed by atoms with E-state index in [0.29, 0.717) is 23.7 Å². The van der Waals surface area contributed by atoms with Gasteiger partial charge in [0.15, 0.2) is 6.54 Å². The molecule has 2 atom stereocenters. The predicted octanol–water partition coefficient (Wildman–Crippen LogP) is 3.94. The monoisotopic (exact) mass is 421 g/mol. The number of halogens is 2. The molecular weight excluding hydrogens is 395 g/mol. The summed E-state index contributed by atoms with van der Waals surface area (Å²) in [4.78, 5) is 16.2. The van der Waals surface area contributed by atoms with Crippen LogP contribution >= 0.6 is 23.4 Å². The molecule has 6 heteroatoms. The molecule has 1 fully saturated rings. The SMILES string of the molecule is CCCC[NH+](CC(=O)N1CCS[C@H]1c1ccccc1Cl)Cc1ccccc1F. The molecular formula is C22H27ClFN2OS+. The average molecular weight is 422 g/mol. The molecule has 3 nitrogen and oxygen atoms in total. The second kappa shape index (κ2) is 10.3. The molecule has 1 aliphatic heterocycles. The van der Waals surface area contributed by atoms with Gasteiger partial charge in [-0.1, -0.05) is 61.3 Å². The maximum absolute atomic E-state index is 14.1. The number of thioether (sulfide) groups is 1. The first-order chi connectivity index (χ1) is 13.6. The Balaban J connectivity index is 1.71. The van der Waals surface area contributed by atoms with Crippen molar-refractivity contribution in [2.45, 2.75) is 31.7 Å². The summed E-state index contributed by atoms with van der Waals surface area (Å²) in [6, 6.07) is 14.6. The standard InChI is InChI=1S/C22H26ClFN2OS/c1-2-3-12-25(15-17-8-4-7-11-20(17)24)16-21(27)26-13-14-28-22(26)18-9-5-6-10-19(18)23/h4-11,22H,2-3,12-16H2,1H3/p+1/t22-/m0/s1. The highest BCUT2D eigenvalue weighted by Crippen LogP contribution is 2.40. The van der Waals surface area contributed by atoms with Gasteiger partial charge in [-0.2, -0.15) is 0 Å². The first-order valence-electron chi connectivity index (χ1n) is 9.82. The lowest BCUT2D eigenvalue weighted by atomic mass is 10.1. The highest BCUT2D eigenvalue weighted by atomic mass is 35.5. The molecule has 1 unspecified atom stereocenters. The maximum atomic E-state index is 14.1. The summed E-state index contributed by atoms with van der Waals surface area (Å²) >= 11 is 8.12.